The highest BCUT2D eigenvalue weighted by Gasteiger charge is 2.30. The first-order valence-electron chi connectivity index (χ1n) is 9.27. The quantitative estimate of drug-likeness (QED) is 0.453. The highest BCUT2D eigenvalue weighted by Crippen LogP contribution is 2.31. The van der Waals surface area contributed by atoms with Crippen LogP contribution in [0.5, 0.6) is 0 Å². The van der Waals surface area contributed by atoms with Crippen molar-refractivity contribution in [2.75, 3.05) is 5.32 Å². The number of alkyl halides is 3. The number of carbonyl (C=O) groups is 1. The van der Waals surface area contributed by atoms with Gasteiger partial charge in [0.2, 0.25) is 18.6 Å². The van der Waals surface area contributed by atoms with Crippen LogP contribution in [0.2, 0.25) is 0 Å². The van der Waals surface area contributed by atoms with Crippen molar-refractivity contribution >= 4 is 17.6 Å². The number of aromatic nitrogens is 4. The fraction of sp³-hybridized carbons (Fsp3) is 0.0952. The zero-order chi connectivity index (χ0) is 22.6. The molecule has 0 radical (unpaired) electrons. The molecule has 32 heavy (non-hydrogen) atoms. The molecule has 2 heterocycles. The minimum atomic E-state index is -4.51. The van der Waals surface area contributed by atoms with E-state index in [9.17, 15) is 18.0 Å². The fourth-order valence-electron chi connectivity index (χ4n) is 2.90. The van der Waals surface area contributed by atoms with Crippen LogP contribution >= 0.6 is 0 Å². The van der Waals surface area contributed by atoms with Gasteiger partial charge in [-0.05, 0) is 28.1 Å². The molecular weight excluding hydrogens is 425 g/mol. The Bertz CT molecular complexity index is 1230. The van der Waals surface area contributed by atoms with Gasteiger partial charge in [-0.2, -0.15) is 13.2 Å². The van der Waals surface area contributed by atoms with Gasteiger partial charge < -0.3 is 15.2 Å². The van der Waals surface area contributed by atoms with Crippen LogP contribution in [-0.2, 0) is 12.7 Å². The lowest BCUT2D eigenvalue weighted by Crippen LogP contribution is -2.35. The Hall–Kier alpha value is -4.28. The summed E-state index contributed by atoms with van der Waals surface area (Å²) in [6.07, 6.45) is 1.75. The molecule has 11 heteroatoms. The van der Waals surface area contributed by atoms with Gasteiger partial charge >= 0.3 is 6.18 Å². The zero-order valence-electron chi connectivity index (χ0n) is 16.3. The Balaban J connectivity index is 1.39. The molecular formula is C21H15F3N6O2. The average Bonchev–Trinajstić information content (AvgIpc) is 3.20. The average molecular weight is 440 g/mol. The molecule has 2 aromatic carbocycles. The molecule has 0 fully saturated rings. The molecule has 1 N–H and O–H groups in total. The second-order valence-corrected chi connectivity index (χ2v) is 6.69. The molecule has 0 aliphatic carbocycles. The van der Waals surface area contributed by atoms with Gasteiger partial charge in [-0.3, -0.25) is 4.79 Å². The van der Waals surface area contributed by atoms with Gasteiger partial charge in [-0.15, -0.1) is 0 Å². The lowest BCUT2D eigenvalue weighted by Gasteiger charge is -2.15. The molecule has 0 aliphatic heterocycles. The number of benzene rings is 2. The minimum Gasteiger partial charge on any atom is -0.424 e. The van der Waals surface area contributed by atoms with Gasteiger partial charge in [0.25, 0.3) is 0 Å². The predicted octanol–water partition coefficient (Wildman–Crippen LogP) is 4.72. The van der Waals surface area contributed by atoms with Crippen molar-refractivity contribution in [2.45, 2.75) is 12.7 Å². The number of hydrogen-bond donors (Lipinski definition) is 1. The van der Waals surface area contributed by atoms with Crippen molar-refractivity contribution in [2.24, 2.45) is 0 Å². The van der Waals surface area contributed by atoms with Crippen molar-refractivity contribution in [3.05, 3.63) is 89.9 Å². The van der Waals surface area contributed by atoms with E-state index in [1.54, 1.807) is 12.4 Å². The van der Waals surface area contributed by atoms with Gasteiger partial charge in [-0.25, -0.2) is 9.97 Å². The molecule has 2 aromatic heterocycles. The fourth-order valence-corrected chi connectivity index (χ4v) is 2.90. The smallest absolute Gasteiger partial charge is 0.416 e. The van der Waals surface area contributed by atoms with E-state index in [1.807, 2.05) is 24.3 Å². The number of amides is 2. The van der Waals surface area contributed by atoms with Gasteiger partial charge in [0.1, 0.15) is 6.33 Å². The third kappa shape index (κ3) is 5.25. The van der Waals surface area contributed by atoms with E-state index < -0.39 is 17.8 Å². The maximum atomic E-state index is 12.8. The topological polar surface area (TPSA) is 98.9 Å². The molecule has 162 valence electrons. The second-order valence-electron chi connectivity index (χ2n) is 6.69. The Morgan fingerprint density at radius 3 is 2.62 bits per heavy atom. The molecule has 0 spiro atoms. The van der Waals surface area contributed by atoms with Crippen molar-refractivity contribution < 1.29 is 27.2 Å². The molecule has 0 atom stereocenters. The molecule has 2 amide bonds. The standard InChI is InChI=1S/C21H15F3N6O2/c22-21(23,24)17-5-2-6-18(8-17)27-20(31)28-19-12-30(29-32-19)11-14-3-1-4-15(7-14)16-9-25-13-26-10-16/h1-10,12-13H,11H2,(H-,27,28,29,31). The third-order valence-corrected chi connectivity index (χ3v) is 4.32. The van der Waals surface area contributed by atoms with Crippen molar-refractivity contribution in [1.82, 2.24) is 15.2 Å². The highest BCUT2D eigenvalue weighted by molar-refractivity contribution is 6.03. The van der Waals surface area contributed by atoms with E-state index in [-0.39, 0.29) is 11.6 Å². The summed E-state index contributed by atoms with van der Waals surface area (Å²) in [6.45, 7) is 0.343. The number of hydrogen-bond acceptors (Lipinski definition) is 5. The normalized spacial score (nSPS) is 11.2. The first kappa shape index (κ1) is 21.0. The van der Waals surface area contributed by atoms with Gasteiger partial charge in [0.05, 0.1) is 5.56 Å². The molecule has 0 saturated carbocycles. The lowest BCUT2D eigenvalue weighted by atomic mass is 10.1. The minimum absolute atomic E-state index is 0.0392. The van der Waals surface area contributed by atoms with Crippen LogP contribution in [0.4, 0.5) is 29.5 Å². The monoisotopic (exact) mass is 440 g/mol. The molecule has 0 unspecified atom stereocenters. The summed E-state index contributed by atoms with van der Waals surface area (Å²) in [5.41, 5.74) is 1.78. The van der Waals surface area contributed by atoms with Crippen molar-refractivity contribution in [3.8, 4) is 11.1 Å². The van der Waals surface area contributed by atoms with Crippen LogP contribution in [0.1, 0.15) is 11.1 Å². The summed E-state index contributed by atoms with van der Waals surface area (Å²) in [4.78, 5) is 20.0. The molecule has 0 saturated heterocycles. The van der Waals surface area contributed by atoms with E-state index in [0.717, 1.165) is 28.8 Å². The van der Waals surface area contributed by atoms with E-state index in [0.29, 0.717) is 6.54 Å². The molecule has 0 aliphatic rings. The van der Waals surface area contributed by atoms with Gasteiger partial charge in [0, 0.05) is 23.5 Å². The zero-order valence-corrected chi connectivity index (χ0v) is 16.3. The summed E-state index contributed by atoms with van der Waals surface area (Å²) in [6, 6.07) is 11.0. The Kier molecular flexibility index (Phi) is 5.79. The van der Waals surface area contributed by atoms with E-state index >= 15 is 0 Å². The first-order chi connectivity index (χ1) is 15.4. The predicted molar refractivity (Wildman–Crippen MR) is 107 cm³/mol. The highest BCUT2D eigenvalue weighted by atomic mass is 19.4. The van der Waals surface area contributed by atoms with Crippen molar-refractivity contribution in [1.29, 1.82) is 0 Å². The number of anilines is 1. The van der Waals surface area contributed by atoms with Gasteiger partial charge in [0.15, 0.2) is 11.3 Å². The molecule has 8 nitrogen and oxygen atoms in total. The number of nitrogens with zero attached hydrogens (tertiary/aromatic N) is 5. The van der Waals surface area contributed by atoms with Crippen LogP contribution < -0.4 is 10.00 Å². The van der Waals surface area contributed by atoms with Crippen LogP contribution in [0.25, 0.3) is 16.4 Å². The number of urea groups is 1. The number of nitrogens with one attached hydrogen (secondary N) is 1. The summed E-state index contributed by atoms with van der Waals surface area (Å²) in [7, 11) is 0. The maximum Gasteiger partial charge on any atom is 0.416 e. The lowest BCUT2D eigenvalue weighted by molar-refractivity contribution is -0.754. The van der Waals surface area contributed by atoms with Crippen LogP contribution in [0, 0.1) is 0 Å². The first-order valence-corrected chi connectivity index (χ1v) is 9.27. The van der Waals surface area contributed by atoms with Crippen LogP contribution in [-0.4, -0.2) is 21.3 Å². The van der Waals surface area contributed by atoms with Crippen LogP contribution in [0.3, 0.4) is 0 Å². The summed E-state index contributed by atoms with van der Waals surface area (Å²) in [5.74, 6) is -0.0953. The number of rotatable bonds is 5. The summed E-state index contributed by atoms with van der Waals surface area (Å²) >= 11 is 0. The van der Waals surface area contributed by atoms with E-state index in [2.05, 4.69) is 25.9 Å². The summed E-state index contributed by atoms with van der Waals surface area (Å²) in [5, 5.41) is 9.76. The molecule has 4 aromatic rings. The number of halogens is 3. The van der Waals surface area contributed by atoms with E-state index in [1.165, 1.54) is 29.3 Å². The van der Waals surface area contributed by atoms with Gasteiger partial charge in [-0.1, -0.05) is 36.4 Å². The third-order valence-electron chi connectivity index (χ3n) is 4.32. The molecule has 0 bridgehead atoms. The summed E-state index contributed by atoms with van der Waals surface area (Å²) < 4.78 is 44.8. The Morgan fingerprint density at radius 1 is 1.06 bits per heavy atom. The second kappa shape index (κ2) is 8.84. The van der Waals surface area contributed by atoms with Crippen molar-refractivity contribution in [3.63, 3.8) is 0 Å². The van der Waals surface area contributed by atoms with E-state index in [4.69, 9.17) is 4.52 Å². The Morgan fingerprint density at radius 2 is 1.84 bits per heavy atom. The SMILES string of the molecule is O=C([N-]c1c[n+](Cc2cccc(-c3cncnc3)c2)no1)Nc1cccc(C(F)(F)F)c1. The van der Waals surface area contributed by atoms with Crippen LogP contribution in [0.15, 0.2) is 78.0 Å². The maximum absolute atomic E-state index is 12.8. The molecule has 4 rings (SSSR count). The largest absolute Gasteiger partial charge is 0.424 e. The number of carbonyl (C=O) groups excluding carboxylic acids is 1. The Labute approximate surface area is 179 Å².